The van der Waals surface area contributed by atoms with Crippen molar-refractivity contribution in [3.8, 4) is 0 Å². The van der Waals surface area contributed by atoms with E-state index in [-0.39, 0.29) is 6.03 Å². The van der Waals surface area contributed by atoms with E-state index in [2.05, 4.69) is 16.7 Å². The van der Waals surface area contributed by atoms with Gasteiger partial charge >= 0.3 is 6.03 Å². The monoisotopic (exact) mass is 280 g/mol. The minimum Gasteiger partial charge on any atom is -0.334 e. The maximum atomic E-state index is 11.7. The van der Waals surface area contributed by atoms with Crippen molar-refractivity contribution in [2.75, 3.05) is 0 Å². The van der Waals surface area contributed by atoms with Crippen LogP contribution >= 0.6 is 0 Å². The molecule has 0 aliphatic rings. The van der Waals surface area contributed by atoms with Gasteiger partial charge in [0, 0.05) is 12.7 Å². The molecule has 2 rings (SSSR count). The second-order valence-corrected chi connectivity index (χ2v) is 5.06. The molecule has 108 valence electrons. The fourth-order valence-corrected chi connectivity index (χ4v) is 1.93. The molecule has 0 aliphatic heterocycles. The van der Waals surface area contributed by atoms with Gasteiger partial charge in [0.15, 0.2) is 0 Å². The average molecular weight is 280 g/mol. The van der Waals surface area contributed by atoms with E-state index in [1.165, 1.54) is 11.1 Å². The van der Waals surface area contributed by atoms with Gasteiger partial charge in [-0.15, -0.1) is 0 Å². The molecule has 2 amide bonds. The molecule has 0 bridgehead atoms. The zero-order valence-corrected chi connectivity index (χ0v) is 12.4. The fourth-order valence-electron chi connectivity index (χ4n) is 1.93. The lowest BCUT2D eigenvalue weighted by Gasteiger charge is -2.05. The molecular weight excluding hydrogens is 260 g/mol. The van der Waals surface area contributed by atoms with Gasteiger partial charge in [-0.2, -0.15) is 0 Å². The van der Waals surface area contributed by atoms with Crippen LogP contribution in [-0.4, -0.2) is 6.03 Å². The Kier molecular flexibility index (Phi) is 5.16. The van der Waals surface area contributed by atoms with Crippen LogP contribution in [0.5, 0.6) is 0 Å². The Morgan fingerprint density at radius 1 is 1.05 bits per heavy atom. The summed E-state index contributed by atoms with van der Waals surface area (Å²) in [5.74, 6) is 0. The van der Waals surface area contributed by atoms with Crippen molar-refractivity contribution in [2.24, 2.45) is 0 Å². The zero-order valence-electron chi connectivity index (χ0n) is 12.4. The van der Waals surface area contributed by atoms with Gasteiger partial charge in [-0.05, 0) is 31.1 Å². The molecule has 0 aromatic heterocycles. The standard InChI is InChI=1S/C18H20N2O/c1-14-6-8-17(9-7-14)13-20-18(21)19-11-10-16-5-3-4-15(2)12-16/h3-12H,13H2,1-2H3,(H2,19,20,21)/b11-10+. The van der Waals surface area contributed by atoms with Crippen LogP contribution in [-0.2, 0) is 6.54 Å². The molecule has 0 unspecified atom stereocenters. The van der Waals surface area contributed by atoms with E-state index in [0.29, 0.717) is 6.54 Å². The summed E-state index contributed by atoms with van der Waals surface area (Å²) in [6.45, 7) is 4.60. The Labute approximate surface area is 125 Å². The van der Waals surface area contributed by atoms with E-state index in [1.807, 2.05) is 62.4 Å². The van der Waals surface area contributed by atoms with Gasteiger partial charge in [-0.3, -0.25) is 0 Å². The molecule has 3 heteroatoms. The molecule has 0 fully saturated rings. The molecule has 21 heavy (non-hydrogen) atoms. The Hall–Kier alpha value is -2.55. The van der Waals surface area contributed by atoms with E-state index in [4.69, 9.17) is 0 Å². The minimum absolute atomic E-state index is 0.209. The molecule has 2 N–H and O–H groups in total. The maximum Gasteiger partial charge on any atom is 0.319 e. The number of aryl methyl sites for hydroxylation is 2. The van der Waals surface area contributed by atoms with E-state index in [0.717, 1.165) is 11.1 Å². The van der Waals surface area contributed by atoms with E-state index in [9.17, 15) is 4.79 Å². The fraction of sp³-hybridized carbons (Fsp3) is 0.167. The van der Waals surface area contributed by atoms with E-state index < -0.39 is 0 Å². The molecule has 3 nitrogen and oxygen atoms in total. The zero-order chi connectivity index (χ0) is 15.1. The topological polar surface area (TPSA) is 41.1 Å². The number of nitrogens with one attached hydrogen (secondary N) is 2. The molecular formula is C18H20N2O. The van der Waals surface area contributed by atoms with E-state index >= 15 is 0 Å². The molecule has 0 saturated carbocycles. The number of urea groups is 1. The highest BCUT2D eigenvalue weighted by Gasteiger charge is 1.97. The molecule has 0 radical (unpaired) electrons. The van der Waals surface area contributed by atoms with Crippen LogP contribution in [0.25, 0.3) is 6.08 Å². The second-order valence-electron chi connectivity index (χ2n) is 5.06. The van der Waals surface area contributed by atoms with Gasteiger partial charge < -0.3 is 10.6 Å². The number of benzene rings is 2. The highest BCUT2D eigenvalue weighted by molar-refractivity contribution is 5.75. The SMILES string of the molecule is Cc1ccc(CNC(=O)N/C=C/c2cccc(C)c2)cc1. The predicted molar refractivity (Wildman–Crippen MR) is 86.8 cm³/mol. The third kappa shape index (κ3) is 5.15. The van der Waals surface area contributed by atoms with Gasteiger partial charge in [0.1, 0.15) is 0 Å². The Morgan fingerprint density at radius 2 is 1.81 bits per heavy atom. The summed E-state index contributed by atoms with van der Waals surface area (Å²) in [7, 11) is 0. The summed E-state index contributed by atoms with van der Waals surface area (Å²) in [5, 5.41) is 5.52. The van der Waals surface area contributed by atoms with Gasteiger partial charge in [0.2, 0.25) is 0 Å². The van der Waals surface area contributed by atoms with Gasteiger partial charge in [-0.1, -0.05) is 59.7 Å². The summed E-state index contributed by atoms with van der Waals surface area (Å²) in [4.78, 5) is 11.7. The molecule has 0 atom stereocenters. The van der Waals surface area contributed by atoms with Crippen molar-refractivity contribution in [2.45, 2.75) is 20.4 Å². The smallest absolute Gasteiger partial charge is 0.319 e. The van der Waals surface area contributed by atoms with Crippen LogP contribution in [0.2, 0.25) is 0 Å². The van der Waals surface area contributed by atoms with Crippen molar-refractivity contribution in [1.29, 1.82) is 0 Å². The summed E-state index contributed by atoms with van der Waals surface area (Å²) in [6, 6.07) is 16.0. The predicted octanol–water partition coefficient (Wildman–Crippen LogP) is 3.77. The third-order valence-electron chi connectivity index (χ3n) is 3.11. The van der Waals surface area contributed by atoms with Crippen LogP contribution < -0.4 is 10.6 Å². The van der Waals surface area contributed by atoms with Crippen LogP contribution in [0.1, 0.15) is 22.3 Å². The van der Waals surface area contributed by atoms with Crippen LogP contribution in [0.3, 0.4) is 0 Å². The molecule has 0 saturated heterocycles. The van der Waals surface area contributed by atoms with Gasteiger partial charge in [-0.25, -0.2) is 4.79 Å². The number of amides is 2. The quantitative estimate of drug-likeness (QED) is 0.879. The number of carbonyl (C=O) groups excluding carboxylic acids is 1. The lowest BCUT2D eigenvalue weighted by atomic mass is 10.1. The number of hydrogen-bond acceptors (Lipinski definition) is 1. The van der Waals surface area contributed by atoms with Crippen molar-refractivity contribution in [3.05, 3.63) is 77.0 Å². The Bertz CT molecular complexity index is 630. The van der Waals surface area contributed by atoms with Crippen molar-refractivity contribution < 1.29 is 4.79 Å². The second kappa shape index (κ2) is 7.29. The third-order valence-corrected chi connectivity index (χ3v) is 3.11. The minimum atomic E-state index is -0.209. The first-order valence-corrected chi connectivity index (χ1v) is 6.96. The molecule has 0 heterocycles. The molecule has 2 aromatic carbocycles. The van der Waals surface area contributed by atoms with Crippen molar-refractivity contribution in [3.63, 3.8) is 0 Å². The number of rotatable bonds is 4. The van der Waals surface area contributed by atoms with Gasteiger partial charge in [0.25, 0.3) is 0 Å². The van der Waals surface area contributed by atoms with Crippen LogP contribution in [0, 0.1) is 13.8 Å². The van der Waals surface area contributed by atoms with Gasteiger partial charge in [0.05, 0.1) is 0 Å². The lowest BCUT2D eigenvalue weighted by molar-refractivity contribution is 0.244. The Morgan fingerprint density at radius 3 is 2.52 bits per heavy atom. The van der Waals surface area contributed by atoms with Crippen LogP contribution in [0.15, 0.2) is 54.7 Å². The Balaban J connectivity index is 1.78. The summed E-state index contributed by atoms with van der Waals surface area (Å²) in [5.41, 5.74) is 4.55. The first-order chi connectivity index (χ1) is 10.1. The van der Waals surface area contributed by atoms with Crippen molar-refractivity contribution in [1.82, 2.24) is 10.6 Å². The first-order valence-electron chi connectivity index (χ1n) is 6.96. The molecule has 2 aromatic rings. The summed E-state index contributed by atoms with van der Waals surface area (Å²) >= 11 is 0. The maximum absolute atomic E-state index is 11.7. The molecule has 0 spiro atoms. The number of carbonyl (C=O) groups is 1. The average Bonchev–Trinajstić information content (AvgIpc) is 2.47. The van der Waals surface area contributed by atoms with E-state index in [1.54, 1.807) is 6.20 Å². The van der Waals surface area contributed by atoms with Crippen LogP contribution in [0.4, 0.5) is 4.79 Å². The number of hydrogen-bond donors (Lipinski definition) is 2. The summed E-state index contributed by atoms with van der Waals surface area (Å²) in [6.07, 6.45) is 3.53. The highest BCUT2D eigenvalue weighted by Crippen LogP contribution is 2.05. The first kappa shape index (κ1) is 14.9. The van der Waals surface area contributed by atoms with Crippen molar-refractivity contribution >= 4 is 12.1 Å². The summed E-state index contributed by atoms with van der Waals surface area (Å²) < 4.78 is 0. The molecule has 0 aliphatic carbocycles. The largest absolute Gasteiger partial charge is 0.334 e. The highest BCUT2D eigenvalue weighted by atomic mass is 16.2. The normalized spacial score (nSPS) is 10.6. The lowest BCUT2D eigenvalue weighted by Crippen LogP contribution is -2.31.